The SMILES string of the molecule is CC(CNC(=O)NCC1(O)CCC1)CN1CCN(C)CC1. The van der Waals surface area contributed by atoms with Gasteiger partial charge in [0.15, 0.2) is 0 Å². The van der Waals surface area contributed by atoms with E-state index < -0.39 is 5.60 Å². The third kappa shape index (κ3) is 5.45. The summed E-state index contributed by atoms with van der Waals surface area (Å²) in [7, 11) is 2.16. The van der Waals surface area contributed by atoms with E-state index in [1.807, 2.05) is 0 Å². The van der Waals surface area contributed by atoms with Crippen molar-refractivity contribution in [2.45, 2.75) is 31.8 Å². The second kappa shape index (κ2) is 7.42. The Morgan fingerprint density at radius 2 is 1.90 bits per heavy atom. The van der Waals surface area contributed by atoms with Crippen molar-refractivity contribution in [3.63, 3.8) is 0 Å². The summed E-state index contributed by atoms with van der Waals surface area (Å²) >= 11 is 0. The molecule has 1 aliphatic carbocycles. The Kier molecular flexibility index (Phi) is 5.84. The molecule has 0 spiro atoms. The fraction of sp³-hybridized carbons (Fsp3) is 0.933. The van der Waals surface area contributed by atoms with E-state index in [9.17, 15) is 9.90 Å². The molecule has 1 aliphatic heterocycles. The van der Waals surface area contributed by atoms with Crippen LogP contribution in [0.1, 0.15) is 26.2 Å². The van der Waals surface area contributed by atoms with E-state index in [1.165, 1.54) is 0 Å². The number of amides is 2. The minimum atomic E-state index is -0.650. The van der Waals surface area contributed by atoms with Crippen LogP contribution in [0, 0.1) is 5.92 Å². The number of piperazine rings is 1. The highest BCUT2D eigenvalue weighted by molar-refractivity contribution is 5.73. The summed E-state index contributed by atoms with van der Waals surface area (Å²) in [4.78, 5) is 16.5. The van der Waals surface area contributed by atoms with Crippen LogP contribution in [0.3, 0.4) is 0 Å². The van der Waals surface area contributed by atoms with E-state index in [4.69, 9.17) is 0 Å². The normalized spacial score (nSPS) is 24.1. The molecule has 0 radical (unpaired) electrons. The van der Waals surface area contributed by atoms with Crippen molar-refractivity contribution >= 4 is 6.03 Å². The highest BCUT2D eigenvalue weighted by Crippen LogP contribution is 2.30. The van der Waals surface area contributed by atoms with Crippen molar-refractivity contribution in [3.8, 4) is 0 Å². The maximum Gasteiger partial charge on any atom is 0.314 e. The van der Waals surface area contributed by atoms with Gasteiger partial charge in [0.2, 0.25) is 0 Å². The second-order valence-corrected chi connectivity index (χ2v) is 6.85. The quantitative estimate of drug-likeness (QED) is 0.650. The molecule has 2 aliphatic rings. The molecule has 6 nitrogen and oxygen atoms in total. The number of nitrogens with zero attached hydrogens (tertiary/aromatic N) is 2. The van der Waals surface area contributed by atoms with Crippen molar-refractivity contribution in [1.29, 1.82) is 0 Å². The van der Waals surface area contributed by atoms with Gasteiger partial charge in [-0.3, -0.25) is 0 Å². The first-order chi connectivity index (χ1) is 9.97. The van der Waals surface area contributed by atoms with E-state index in [1.54, 1.807) is 0 Å². The third-order valence-corrected chi connectivity index (χ3v) is 4.64. The summed E-state index contributed by atoms with van der Waals surface area (Å²) < 4.78 is 0. The van der Waals surface area contributed by atoms with Crippen LogP contribution in [0.15, 0.2) is 0 Å². The van der Waals surface area contributed by atoms with Crippen LogP contribution in [-0.4, -0.2) is 79.4 Å². The monoisotopic (exact) mass is 298 g/mol. The Bertz CT molecular complexity index is 339. The molecule has 0 aromatic carbocycles. The van der Waals surface area contributed by atoms with Crippen LogP contribution in [0.5, 0.6) is 0 Å². The molecular formula is C15H30N4O2. The van der Waals surface area contributed by atoms with Crippen molar-refractivity contribution in [2.75, 3.05) is 52.9 Å². The Morgan fingerprint density at radius 3 is 2.48 bits per heavy atom. The predicted molar refractivity (Wildman–Crippen MR) is 83.3 cm³/mol. The van der Waals surface area contributed by atoms with Crippen LogP contribution in [0.4, 0.5) is 4.79 Å². The summed E-state index contributed by atoms with van der Waals surface area (Å²) in [6.07, 6.45) is 2.65. The minimum absolute atomic E-state index is 0.166. The van der Waals surface area contributed by atoms with Crippen LogP contribution in [-0.2, 0) is 0 Å². The lowest BCUT2D eigenvalue weighted by Gasteiger charge is -2.36. The maximum atomic E-state index is 11.7. The molecule has 1 atom stereocenters. The van der Waals surface area contributed by atoms with Crippen molar-refractivity contribution in [3.05, 3.63) is 0 Å². The third-order valence-electron chi connectivity index (χ3n) is 4.64. The molecule has 3 N–H and O–H groups in total. The average molecular weight is 298 g/mol. The Hall–Kier alpha value is -0.850. The van der Waals surface area contributed by atoms with Crippen LogP contribution < -0.4 is 10.6 Å². The van der Waals surface area contributed by atoms with E-state index in [2.05, 4.69) is 34.4 Å². The zero-order valence-electron chi connectivity index (χ0n) is 13.4. The molecule has 21 heavy (non-hydrogen) atoms. The lowest BCUT2D eigenvalue weighted by atomic mass is 9.80. The number of rotatable bonds is 6. The van der Waals surface area contributed by atoms with Gasteiger partial charge in [-0.1, -0.05) is 6.92 Å². The van der Waals surface area contributed by atoms with Crippen molar-refractivity contribution < 1.29 is 9.90 Å². The van der Waals surface area contributed by atoms with E-state index >= 15 is 0 Å². The molecule has 1 saturated carbocycles. The summed E-state index contributed by atoms with van der Waals surface area (Å²) in [6, 6.07) is -0.166. The van der Waals surface area contributed by atoms with Gasteiger partial charge in [0, 0.05) is 45.8 Å². The van der Waals surface area contributed by atoms with Gasteiger partial charge in [-0.05, 0) is 32.2 Å². The van der Waals surface area contributed by atoms with E-state index in [-0.39, 0.29) is 6.03 Å². The van der Waals surface area contributed by atoms with Gasteiger partial charge in [0.25, 0.3) is 0 Å². The van der Waals surface area contributed by atoms with Gasteiger partial charge in [-0.25, -0.2) is 4.79 Å². The molecule has 2 fully saturated rings. The summed E-state index contributed by atoms with van der Waals surface area (Å²) in [6.45, 7) is 8.71. The molecule has 2 amide bonds. The minimum Gasteiger partial charge on any atom is -0.388 e. The largest absolute Gasteiger partial charge is 0.388 e. The summed E-state index contributed by atoms with van der Waals surface area (Å²) in [5, 5.41) is 15.6. The maximum absolute atomic E-state index is 11.7. The molecule has 1 heterocycles. The molecular weight excluding hydrogens is 268 g/mol. The van der Waals surface area contributed by atoms with Crippen molar-refractivity contribution in [2.24, 2.45) is 5.92 Å². The van der Waals surface area contributed by atoms with Gasteiger partial charge in [-0.15, -0.1) is 0 Å². The average Bonchev–Trinajstić information content (AvgIpc) is 2.43. The smallest absolute Gasteiger partial charge is 0.314 e. The highest BCUT2D eigenvalue weighted by Gasteiger charge is 2.34. The number of likely N-dealkylation sites (N-methyl/N-ethyl adjacent to an activating group) is 1. The molecule has 1 saturated heterocycles. The molecule has 0 bridgehead atoms. The molecule has 2 rings (SSSR count). The predicted octanol–water partition coefficient (Wildman–Crippen LogP) is 0.0841. The number of aliphatic hydroxyl groups is 1. The molecule has 0 aromatic heterocycles. The fourth-order valence-corrected chi connectivity index (χ4v) is 2.87. The zero-order chi connectivity index (χ0) is 15.3. The van der Waals surface area contributed by atoms with Gasteiger partial charge in [0.05, 0.1) is 5.60 Å². The Balaban J connectivity index is 1.55. The number of hydrogen-bond donors (Lipinski definition) is 3. The Labute approximate surface area is 127 Å². The van der Waals surface area contributed by atoms with Crippen molar-refractivity contribution in [1.82, 2.24) is 20.4 Å². The number of carbonyl (C=O) groups excluding carboxylic acids is 1. The van der Waals surface area contributed by atoms with Crippen LogP contribution >= 0.6 is 0 Å². The molecule has 122 valence electrons. The van der Waals surface area contributed by atoms with E-state index in [0.717, 1.165) is 52.0 Å². The van der Waals surface area contributed by atoms with E-state index in [0.29, 0.717) is 19.0 Å². The molecule has 1 unspecified atom stereocenters. The standard InChI is InChI=1S/C15H30N4O2/c1-13(11-19-8-6-18(2)7-9-19)10-16-14(20)17-12-15(21)4-3-5-15/h13,21H,3-12H2,1-2H3,(H2,16,17,20). The lowest BCUT2D eigenvalue weighted by Crippen LogP contribution is -2.51. The van der Waals surface area contributed by atoms with Gasteiger partial charge in [0.1, 0.15) is 0 Å². The molecule has 0 aromatic rings. The first kappa shape index (κ1) is 16.5. The van der Waals surface area contributed by atoms with Gasteiger partial charge >= 0.3 is 6.03 Å². The first-order valence-corrected chi connectivity index (χ1v) is 8.12. The second-order valence-electron chi connectivity index (χ2n) is 6.85. The molecule has 6 heteroatoms. The number of nitrogens with one attached hydrogen (secondary N) is 2. The topological polar surface area (TPSA) is 67.8 Å². The summed E-state index contributed by atoms with van der Waals surface area (Å²) in [5.74, 6) is 0.436. The summed E-state index contributed by atoms with van der Waals surface area (Å²) in [5.41, 5.74) is -0.650. The highest BCUT2D eigenvalue weighted by atomic mass is 16.3. The number of carbonyl (C=O) groups is 1. The van der Waals surface area contributed by atoms with Gasteiger partial charge in [-0.2, -0.15) is 0 Å². The zero-order valence-corrected chi connectivity index (χ0v) is 13.4. The number of hydrogen-bond acceptors (Lipinski definition) is 4. The van der Waals surface area contributed by atoms with Crippen LogP contribution in [0.2, 0.25) is 0 Å². The fourth-order valence-electron chi connectivity index (χ4n) is 2.87. The van der Waals surface area contributed by atoms with Gasteiger partial charge < -0.3 is 25.5 Å². The lowest BCUT2D eigenvalue weighted by molar-refractivity contribution is -0.0290. The van der Waals surface area contributed by atoms with Crippen LogP contribution in [0.25, 0.3) is 0 Å². The number of urea groups is 1. The first-order valence-electron chi connectivity index (χ1n) is 8.12. The Morgan fingerprint density at radius 1 is 1.24 bits per heavy atom.